The van der Waals surface area contributed by atoms with Crippen molar-refractivity contribution in [3.63, 3.8) is 0 Å². The molecule has 0 fully saturated rings. The Morgan fingerprint density at radius 2 is 1.74 bits per heavy atom. The molecule has 0 amide bonds. The first-order valence-electron chi connectivity index (χ1n) is 6.43. The standard InChI is InChI=1S/C14H19ClN4/c1-10-6-11(2)8-12(7-10)19-13(4-3-5-16)17-18-14(19)9-15/h6-8H,3-5,9,16H2,1-2H3. The molecular formula is C14H19ClN4. The molecule has 5 heteroatoms. The highest BCUT2D eigenvalue weighted by Gasteiger charge is 2.13. The van der Waals surface area contributed by atoms with Crippen LogP contribution in [-0.2, 0) is 12.3 Å². The Balaban J connectivity index is 2.48. The molecule has 0 atom stereocenters. The summed E-state index contributed by atoms with van der Waals surface area (Å²) in [5, 5.41) is 8.40. The van der Waals surface area contributed by atoms with Gasteiger partial charge in [0.05, 0.1) is 5.88 Å². The Labute approximate surface area is 118 Å². The third kappa shape index (κ3) is 3.14. The second-order valence-corrected chi connectivity index (χ2v) is 5.01. The minimum absolute atomic E-state index is 0.350. The maximum absolute atomic E-state index is 5.96. The third-order valence-corrected chi connectivity index (χ3v) is 3.22. The van der Waals surface area contributed by atoms with E-state index in [1.807, 2.05) is 4.57 Å². The molecule has 1 aromatic carbocycles. The lowest BCUT2D eigenvalue weighted by Crippen LogP contribution is -2.08. The van der Waals surface area contributed by atoms with Gasteiger partial charge in [-0.15, -0.1) is 21.8 Å². The summed E-state index contributed by atoms with van der Waals surface area (Å²) in [5.41, 5.74) is 9.08. The molecule has 0 radical (unpaired) electrons. The summed E-state index contributed by atoms with van der Waals surface area (Å²) in [6, 6.07) is 6.39. The summed E-state index contributed by atoms with van der Waals surface area (Å²) in [4.78, 5) is 0. The van der Waals surface area contributed by atoms with Crippen LogP contribution in [0.15, 0.2) is 18.2 Å². The summed E-state index contributed by atoms with van der Waals surface area (Å²) in [6.07, 6.45) is 1.71. The van der Waals surface area contributed by atoms with Gasteiger partial charge in [-0.05, 0) is 50.1 Å². The number of alkyl halides is 1. The van der Waals surface area contributed by atoms with Crippen molar-refractivity contribution < 1.29 is 0 Å². The summed E-state index contributed by atoms with van der Waals surface area (Å²) in [6.45, 7) is 4.82. The van der Waals surface area contributed by atoms with E-state index in [2.05, 4.69) is 42.2 Å². The van der Waals surface area contributed by atoms with Crippen LogP contribution in [0.2, 0.25) is 0 Å². The van der Waals surface area contributed by atoms with Crippen LogP contribution in [0.1, 0.15) is 29.2 Å². The van der Waals surface area contributed by atoms with Crippen molar-refractivity contribution in [1.82, 2.24) is 14.8 Å². The number of aryl methyl sites for hydroxylation is 3. The van der Waals surface area contributed by atoms with Crippen LogP contribution >= 0.6 is 11.6 Å². The Kier molecular flexibility index (Phi) is 4.56. The first kappa shape index (κ1) is 14.0. The average Bonchev–Trinajstić information content (AvgIpc) is 2.78. The molecule has 0 aliphatic rings. The van der Waals surface area contributed by atoms with Gasteiger partial charge in [0, 0.05) is 12.1 Å². The van der Waals surface area contributed by atoms with E-state index < -0.39 is 0 Å². The molecule has 0 bridgehead atoms. The first-order valence-corrected chi connectivity index (χ1v) is 6.97. The second kappa shape index (κ2) is 6.17. The van der Waals surface area contributed by atoms with Crippen LogP contribution in [-0.4, -0.2) is 21.3 Å². The van der Waals surface area contributed by atoms with E-state index in [1.54, 1.807) is 0 Å². The maximum atomic E-state index is 5.96. The molecule has 1 aromatic heterocycles. The molecule has 0 spiro atoms. The highest BCUT2D eigenvalue weighted by Crippen LogP contribution is 2.19. The van der Waals surface area contributed by atoms with Crippen molar-refractivity contribution in [3.05, 3.63) is 41.0 Å². The molecule has 0 unspecified atom stereocenters. The number of rotatable bonds is 5. The van der Waals surface area contributed by atoms with E-state index in [1.165, 1.54) is 11.1 Å². The molecule has 0 aliphatic heterocycles. The number of hydrogen-bond acceptors (Lipinski definition) is 3. The lowest BCUT2D eigenvalue weighted by atomic mass is 10.1. The summed E-state index contributed by atoms with van der Waals surface area (Å²) in [7, 11) is 0. The van der Waals surface area contributed by atoms with Crippen LogP contribution in [0.5, 0.6) is 0 Å². The predicted octanol–water partition coefficient (Wildman–Crippen LogP) is 2.51. The van der Waals surface area contributed by atoms with Gasteiger partial charge in [0.15, 0.2) is 5.82 Å². The van der Waals surface area contributed by atoms with Gasteiger partial charge in [0.25, 0.3) is 0 Å². The quantitative estimate of drug-likeness (QED) is 0.855. The fraction of sp³-hybridized carbons (Fsp3) is 0.429. The molecule has 2 rings (SSSR count). The number of aromatic nitrogens is 3. The van der Waals surface area contributed by atoms with E-state index in [9.17, 15) is 0 Å². The molecule has 0 saturated heterocycles. The Hall–Kier alpha value is -1.39. The lowest BCUT2D eigenvalue weighted by Gasteiger charge is -2.11. The monoisotopic (exact) mass is 278 g/mol. The zero-order chi connectivity index (χ0) is 13.8. The normalized spacial score (nSPS) is 10.9. The van der Waals surface area contributed by atoms with Gasteiger partial charge in [0.1, 0.15) is 5.82 Å². The van der Waals surface area contributed by atoms with E-state index in [0.29, 0.717) is 12.4 Å². The number of hydrogen-bond donors (Lipinski definition) is 1. The molecule has 4 nitrogen and oxygen atoms in total. The SMILES string of the molecule is Cc1cc(C)cc(-n2c(CCl)nnc2CCCN)c1. The summed E-state index contributed by atoms with van der Waals surface area (Å²) in [5.74, 6) is 2.05. The first-order chi connectivity index (χ1) is 9.15. The van der Waals surface area contributed by atoms with Gasteiger partial charge in [-0.2, -0.15) is 0 Å². The van der Waals surface area contributed by atoms with Crippen molar-refractivity contribution in [2.45, 2.75) is 32.6 Å². The number of nitrogens with zero attached hydrogens (tertiary/aromatic N) is 3. The van der Waals surface area contributed by atoms with Crippen LogP contribution < -0.4 is 5.73 Å². The molecular weight excluding hydrogens is 260 g/mol. The number of benzene rings is 1. The minimum Gasteiger partial charge on any atom is -0.330 e. The van der Waals surface area contributed by atoms with Crippen molar-refractivity contribution in [2.75, 3.05) is 6.54 Å². The molecule has 102 valence electrons. The smallest absolute Gasteiger partial charge is 0.152 e. The fourth-order valence-electron chi connectivity index (χ4n) is 2.24. The van der Waals surface area contributed by atoms with Crippen LogP contribution in [0, 0.1) is 13.8 Å². The molecule has 2 N–H and O–H groups in total. The molecule has 0 aliphatic carbocycles. The van der Waals surface area contributed by atoms with E-state index in [0.717, 1.165) is 30.2 Å². The zero-order valence-electron chi connectivity index (χ0n) is 11.4. The van der Waals surface area contributed by atoms with Gasteiger partial charge in [-0.1, -0.05) is 6.07 Å². The van der Waals surface area contributed by atoms with Crippen molar-refractivity contribution in [1.29, 1.82) is 0 Å². The second-order valence-electron chi connectivity index (χ2n) is 4.74. The highest BCUT2D eigenvalue weighted by molar-refractivity contribution is 6.16. The summed E-state index contributed by atoms with van der Waals surface area (Å²) >= 11 is 5.96. The molecule has 2 aromatic rings. The maximum Gasteiger partial charge on any atom is 0.152 e. The van der Waals surface area contributed by atoms with E-state index in [-0.39, 0.29) is 0 Å². The Morgan fingerprint density at radius 1 is 1.11 bits per heavy atom. The van der Waals surface area contributed by atoms with E-state index >= 15 is 0 Å². The average molecular weight is 279 g/mol. The van der Waals surface area contributed by atoms with Crippen molar-refractivity contribution >= 4 is 11.6 Å². The fourth-order valence-corrected chi connectivity index (χ4v) is 2.41. The molecule has 19 heavy (non-hydrogen) atoms. The van der Waals surface area contributed by atoms with Crippen molar-refractivity contribution in [2.24, 2.45) is 5.73 Å². The predicted molar refractivity (Wildman–Crippen MR) is 77.8 cm³/mol. The molecule has 1 heterocycles. The van der Waals surface area contributed by atoms with Gasteiger partial charge in [-0.3, -0.25) is 4.57 Å². The zero-order valence-corrected chi connectivity index (χ0v) is 12.1. The van der Waals surface area contributed by atoms with Gasteiger partial charge < -0.3 is 5.73 Å². The van der Waals surface area contributed by atoms with Gasteiger partial charge in [-0.25, -0.2) is 0 Å². The van der Waals surface area contributed by atoms with Gasteiger partial charge in [0.2, 0.25) is 0 Å². The van der Waals surface area contributed by atoms with Gasteiger partial charge >= 0.3 is 0 Å². The largest absolute Gasteiger partial charge is 0.330 e. The van der Waals surface area contributed by atoms with Crippen LogP contribution in [0.25, 0.3) is 5.69 Å². The van der Waals surface area contributed by atoms with Crippen LogP contribution in [0.4, 0.5) is 0 Å². The Morgan fingerprint density at radius 3 is 2.32 bits per heavy atom. The topological polar surface area (TPSA) is 56.7 Å². The van der Waals surface area contributed by atoms with Crippen LogP contribution in [0.3, 0.4) is 0 Å². The molecule has 0 saturated carbocycles. The van der Waals surface area contributed by atoms with Crippen molar-refractivity contribution in [3.8, 4) is 5.69 Å². The third-order valence-electron chi connectivity index (χ3n) is 2.99. The van der Waals surface area contributed by atoms with E-state index in [4.69, 9.17) is 17.3 Å². The summed E-state index contributed by atoms with van der Waals surface area (Å²) < 4.78 is 2.04. The number of nitrogens with two attached hydrogens (primary N) is 1. The number of halogens is 1. The highest BCUT2D eigenvalue weighted by atomic mass is 35.5. The lowest BCUT2D eigenvalue weighted by molar-refractivity contribution is 0.756. The Bertz CT molecular complexity index is 542. The minimum atomic E-state index is 0.350.